The molecule has 74 valence electrons. The quantitative estimate of drug-likeness (QED) is 0.553. The Bertz CT molecular complexity index is 244. The molecule has 0 aromatic rings. The highest BCUT2D eigenvalue weighted by atomic mass is 16.6. The minimum Gasteiger partial charge on any atom is -0.364 e. The lowest BCUT2D eigenvalue weighted by Crippen LogP contribution is -2.49. The zero-order valence-corrected chi connectivity index (χ0v) is 7.86. The van der Waals surface area contributed by atoms with Crippen LogP contribution in [0.5, 0.6) is 0 Å². The third kappa shape index (κ3) is 1.28. The Morgan fingerprint density at radius 2 is 2.38 bits per heavy atom. The van der Waals surface area contributed by atoms with Gasteiger partial charge < -0.3 is 19.6 Å². The van der Waals surface area contributed by atoms with Gasteiger partial charge in [0.15, 0.2) is 5.79 Å². The van der Waals surface area contributed by atoms with Gasteiger partial charge in [-0.1, -0.05) is 0 Å². The average molecular weight is 186 g/mol. The number of morpholine rings is 1. The zero-order chi connectivity index (χ0) is 9.64. The molecule has 2 rings (SSSR count). The topological polar surface area (TPSA) is 53.0 Å². The fraction of sp³-hybridized carbons (Fsp3) is 0.875. The van der Waals surface area contributed by atoms with Crippen LogP contribution in [-0.2, 0) is 4.74 Å². The summed E-state index contributed by atoms with van der Waals surface area (Å²) in [7, 11) is 3.42. The summed E-state index contributed by atoms with van der Waals surface area (Å²) < 4.78 is 5.14. The van der Waals surface area contributed by atoms with Crippen LogP contribution in [0.2, 0.25) is 0 Å². The second kappa shape index (κ2) is 2.59. The van der Waals surface area contributed by atoms with Crippen molar-refractivity contribution < 1.29 is 14.6 Å². The van der Waals surface area contributed by atoms with Gasteiger partial charge in [0.05, 0.1) is 19.2 Å². The Hall–Kier alpha value is -0.810. The molecular formula is C8H14N2O3. The number of rotatable bonds is 0. The normalized spacial score (nSPS) is 36.8. The van der Waals surface area contributed by atoms with Gasteiger partial charge >= 0.3 is 6.03 Å². The monoisotopic (exact) mass is 186 g/mol. The van der Waals surface area contributed by atoms with Crippen LogP contribution >= 0.6 is 0 Å². The number of hydrogen-bond acceptors (Lipinski definition) is 3. The molecular weight excluding hydrogens is 172 g/mol. The molecule has 2 aliphatic heterocycles. The van der Waals surface area contributed by atoms with E-state index in [2.05, 4.69) is 0 Å². The number of likely N-dealkylation sites (tertiary alicyclic amines) is 1. The van der Waals surface area contributed by atoms with Crippen molar-refractivity contribution in [2.75, 3.05) is 27.2 Å². The van der Waals surface area contributed by atoms with Crippen molar-refractivity contribution in [1.29, 1.82) is 0 Å². The molecule has 1 N–H and O–H groups in total. The number of nitrogens with zero attached hydrogens (tertiary/aromatic N) is 2. The van der Waals surface area contributed by atoms with E-state index in [1.165, 1.54) is 4.90 Å². The van der Waals surface area contributed by atoms with Gasteiger partial charge in [0, 0.05) is 20.5 Å². The summed E-state index contributed by atoms with van der Waals surface area (Å²) in [6.45, 7) is 0.755. The third-order valence-electron chi connectivity index (χ3n) is 2.59. The zero-order valence-electron chi connectivity index (χ0n) is 7.86. The van der Waals surface area contributed by atoms with E-state index in [1.807, 2.05) is 0 Å². The summed E-state index contributed by atoms with van der Waals surface area (Å²) in [6.07, 6.45) is 0.548. The number of amides is 2. The second-order valence-electron chi connectivity index (χ2n) is 3.92. The smallest absolute Gasteiger partial charge is 0.320 e. The highest BCUT2D eigenvalue weighted by Gasteiger charge is 2.51. The number of ether oxygens (including phenoxy) is 1. The number of aliphatic hydroxyl groups is 1. The minimum atomic E-state index is -1.07. The van der Waals surface area contributed by atoms with Crippen LogP contribution in [0, 0.1) is 0 Å². The fourth-order valence-electron chi connectivity index (χ4n) is 1.92. The van der Waals surface area contributed by atoms with Gasteiger partial charge in [0.25, 0.3) is 0 Å². The molecule has 0 aliphatic carbocycles. The minimum absolute atomic E-state index is 0.0516. The lowest BCUT2D eigenvalue weighted by molar-refractivity contribution is -0.180. The van der Waals surface area contributed by atoms with Crippen LogP contribution in [0.3, 0.4) is 0 Å². The Balaban J connectivity index is 2.09. The van der Waals surface area contributed by atoms with E-state index in [9.17, 15) is 9.90 Å². The Morgan fingerprint density at radius 3 is 2.77 bits per heavy atom. The number of carbonyl (C=O) groups excluding carboxylic acids is 1. The van der Waals surface area contributed by atoms with Crippen molar-refractivity contribution in [3.63, 3.8) is 0 Å². The average Bonchev–Trinajstić information content (AvgIpc) is 2.57. The van der Waals surface area contributed by atoms with Gasteiger partial charge in [-0.15, -0.1) is 0 Å². The molecule has 0 radical (unpaired) electrons. The largest absolute Gasteiger partial charge is 0.364 e. The first kappa shape index (κ1) is 8.77. The summed E-state index contributed by atoms with van der Waals surface area (Å²) in [5.41, 5.74) is 0. The second-order valence-corrected chi connectivity index (χ2v) is 3.92. The highest BCUT2D eigenvalue weighted by Crippen LogP contribution is 2.35. The van der Waals surface area contributed by atoms with Crippen molar-refractivity contribution in [2.45, 2.75) is 18.2 Å². The maximum absolute atomic E-state index is 11.6. The van der Waals surface area contributed by atoms with Crippen LogP contribution in [0.4, 0.5) is 4.79 Å². The molecule has 2 atom stereocenters. The van der Waals surface area contributed by atoms with Crippen LogP contribution in [0.25, 0.3) is 0 Å². The molecule has 2 fully saturated rings. The van der Waals surface area contributed by atoms with Crippen molar-refractivity contribution in [1.82, 2.24) is 9.80 Å². The molecule has 5 nitrogen and oxygen atoms in total. The predicted molar refractivity (Wildman–Crippen MR) is 45.1 cm³/mol. The summed E-state index contributed by atoms with van der Waals surface area (Å²) in [4.78, 5) is 14.8. The number of β-amino-alcohol motifs (C(OH)–C–C–N with tert-alkyl or cyclic N) is 1. The summed E-state index contributed by atoms with van der Waals surface area (Å²) in [6, 6.07) is 0.00382. The number of urea groups is 1. The standard InChI is InChI=1S/C8H14N2O3/c1-9(2)7(11)10-5-8(12)3-6(10)4-13-8/h6,12H,3-5H2,1-2H3. The molecule has 2 amide bonds. The van der Waals surface area contributed by atoms with Crippen LogP contribution in [0.15, 0.2) is 0 Å². The lowest BCUT2D eigenvalue weighted by Gasteiger charge is -2.31. The van der Waals surface area contributed by atoms with Gasteiger partial charge in [0.1, 0.15) is 0 Å². The first-order chi connectivity index (χ1) is 6.02. The van der Waals surface area contributed by atoms with Gasteiger partial charge in [-0.3, -0.25) is 0 Å². The molecule has 2 saturated heterocycles. The van der Waals surface area contributed by atoms with Crippen LogP contribution < -0.4 is 0 Å². The first-order valence-corrected chi connectivity index (χ1v) is 4.36. The van der Waals surface area contributed by atoms with Crippen LogP contribution in [-0.4, -0.2) is 60.0 Å². The SMILES string of the molecule is CN(C)C(=O)N1CC2(O)CC1CO2. The van der Waals surface area contributed by atoms with Crippen molar-refractivity contribution in [2.24, 2.45) is 0 Å². The Labute approximate surface area is 76.9 Å². The molecule has 2 bridgehead atoms. The highest BCUT2D eigenvalue weighted by molar-refractivity contribution is 5.74. The summed E-state index contributed by atoms with van der Waals surface area (Å²) in [5.74, 6) is -1.07. The van der Waals surface area contributed by atoms with Gasteiger partial charge in [-0.2, -0.15) is 0 Å². The third-order valence-corrected chi connectivity index (χ3v) is 2.59. The van der Waals surface area contributed by atoms with E-state index in [0.717, 1.165) is 0 Å². The van der Waals surface area contributed by atoms with E-state index in [4.69, 9.17) is 4.74 Å². The van der Waals surface area contributed by atoms with Crippen molar-refractivity contribution in [3.05, 3.63) is 0 Å². The Kier molecular flexibility index (Phi) is 1.75. The molecule has 13 heavy (non-hydrogen) atoms. The summed E-state index contributed by atoms with van der Waals surface area (Å²) in [5, 5.41) is 9.71. The molecule has 2 aliphatic rings. The number of hydrogen-bond donors (Lipinski definition) is 1. The van der Waals surface area contributed by atoms with Gasteiger partial charge in [0.2, 0.25) is 0 Å². The summed E-state index contributed by atoms with van der Waals surface area (Å²) >= 11 is 0. The molecule has 5 heteroatoms. The van der Waals surface area contributed by atoms with E-state index in [-0.39, 0.29) is 12.1 Å². The van der Waals surface area contributed by atoms with Crippen molar-refractivity contribution in [3.8, 4) is 0 Å². The fourth-order valence-corrected chi connectivity index (χ4v) is 1.92. The lowest BCUT2D eigenvalue weighted by atomic mass is 10.2. The van der Waals surface area contributed by atoms with E-state index < -0.39 is 5.79 Å². The van der Waals surface area contributed by atoms with E-state index in [1.54, 1.807) is 19.0 Å². The molecule has 2 unspecified atom stereocenters. The number of carbonyl (C=O) groups is 1. The Morgan fingerprint density at radius 1 is 1.69 bits per heavy atom. The maximum atomic E-state index is 11.6. The molecule has 0 spiro atoms. The van der Waals surface area contributed by atoms with Crippen LogP contribution in [0.1, 0.15) is 6.42 Å². The molecule has 2 heterocycles. The van der Waals surface area contributed by atoms with E-state index in [0.29, 0.717) is 19.6 Å². The molecule has 0 aromatic heterocycles. The van der Waals surface area contributed by atoms with Crippen molar-refractivity contribution >= 4 is 6.03 Å². The predicted octanol–water partition coefficient (Wildman–Crippen LogP) is -0.539. The first-order valence-electron chi connectivity index (χ1n) is 4.36. The molecule has 0 saturated carbocycles. The maximum Gasteiger partial charge on any atom is 0.320 e. The molecule has 0 aromatic carbocycles. The van der Waals surface area contributed by atoms with Gasteiger partial charge in [-0.25, -0.2) is 4.79 Å². The van der Waals surface area contributed by atoms with E-state index >= 15 is 0 Å². The number of fused-ring (bicyclic) bond motifs is 2. The van der Waals surface area contributed by atoms with Gasteiger partial charge in [-0.05, 0) is 0 Å².